The number of thioether (sulfide) groups is 1. The minimum Gasteiger partial charge on any atom is -0.379 e. The van der Waals surface area contributed by atoms with Gasteiger partial charge in [-0.1, -0.05) is 62.0 Å². The Hall–Kier alpha value is -2.48. The highest BCUT2D eigenvalue weighted by atomic mass is 32.2. The Labute approximate surface area is 199 Å². The number of morpholine rings is 1. The highest BCUT2D eigenvalue weighted by Crippen LogP contribution is 2.21. The molecule has 7 heteroatoms. The lowest BCUT2D eigenvalue weighted by molar-refractivity contribution is 0.0368. The van der Waals surface area contributed by atoms with Crippen molar-refractivity contribution in [2.24, 2.45) is 0 Å². The van der Waals surface area contributed by atoms with Crippen LogP contribution < -0.4 is 5.56 Å². The van der Waals surface area contributed by atoms with E-state index in [1.165, 1.54) is 17.3 Å². The minimum atomic E-state index is -0.0428. The number of ether oxygens (including phenoxy) is 1. The fourth-order valence-corrected chi connectivity index (χ4v) is 4.92. The fourth-order valence-electron chi connectivity index (χ4n) is 4.00. The van der Waals surface area contributed by atoms with Gasteiger partial charge in [0.2, 0.25) is 0 Å². The van der Waals surface area contributed by atoms with E-state index in [1.54, 1.807) is 4.57 Å². The molecule has 0 atom stereocenters. The number of carbonyl (C=O) groups excluding carboxylic acids is 1. The van der Waals surface area contributed by atoms with Crippen molar-refractivity contribution in [1.29, 1.82) is 0 Å². The number of hydrogen-bond donors (Lipinski definition) is 0. The number of carbonyl (C=O) groups is 1. The van der Waals surface area contributed by atoms with Gasteiger partial charge in [-0.05, 0) is 30.0 Å². The third-order valence-corrected chi connectivity index (χ3v) is 6.99. The maximum absolute atomic E-state index is 13.2. The summed E-state index contributed by atoms with van der Waals surface area (Å²) in [5.41, 5.74) is 2.53. The van der Waals surface area contributed by atoms with Gasteiger partial charge < -0.3 is 4.74 Å². The standard InChI is InChI=1S/C26H31N3O3S/c1-19(2)20-8-10-21(11-9-20)24(30)18-33-26-27-23-7-4-3-6-22(23)25(31)29(26)13-5-12-28-14-16-32-17-15-28/h3-4,6-11,19H,5,12-18H2,1-2H3. The van der Waals surface area contributed by atoms with E-state index in [9.17, 15) is 9.59 Å². The van der Waals surface area contributed by atoms with Gasteiger partial charge in [0.15, 0.2) is 10.9 Å². The summed E-state index contributed by atoms with van der Waals surface area (Å²) in [6.45, 7) is 9.14. The molecule has 1 aliphatic heterocycles. The Balaban J connectivity index is 1.50. The van der Waals surface area contributed by atoms with E-state index in [1.807, 2.05) is 48.5 Å². The summed E-state index contributed by atoms with van der Waals surface area (Å²) in [5, 5.41) is 1.22. The quantitative estimate of drug-likeness (QED) is 0.268. The maximum Gasteiger partial charge on any atom is 0.262 e. The number of benzene rings is 2. The van der Waals surface area contributed by atoms with Crippen molar-refractivity contribution >= 4 is 28.4 Å². The SMILES string of the molecule is CC(C)c1ccc(C(=O)CSc2nc3ccccc3c(=O)n2CCCN2CCOCC2)cc1. The van der Waals surface area contributed by atoms with E-state index in [-0.39, 0.29) is 17.1 Å². The summed E-state index contributed by atoms with van der Waals surface area (Å²) in [6.07, 6.45) is 0.845. The molecule has 0 amide bonds. The molecule has 1 aliphatic rings. The van der Waals surface area contributed by atoms with Crippen LogP contribution in [0.4, 0.5) is 0 Å². The number of rotatable bonds is 9. The molecule has 0 unspecified atom stereocenters. The van der Waals surface area contributed by atoms with Crippen molar-refractivity contribution in [3.63, 3.8) is 0 Å². The summed E-state index contributed by atoms with van der Waals surface area (Å²) >= 11 is 1.34. The van der Waals surface area contributed by atoms with Gasteiger partial charge in [-0.25, -0.2) is 4.98 Å². The molecule has 0 spiro atoms. The zero-order valence-electron chi connectivity index (χ0n) is 19.3. The smallest absolute Gasteiger partial charge is 0.262 e. The second kappa shape index (κ2) is 11.1. The van der Waals surface area contributed by atoms with Crippen molar-refractivity contribution < 1.29 is 9.53 Å². The van der Waals surface area contributed by atoms with Crippen LogP contribution >= 0.6 is 11.8 Å². The van der Waals surface area contributed by atoms with Crippen LogP contribution in [-0.2, 0) is 11.3 Å². The first kappa shape index (κ1) is 23.7. The zero-order chi connectivity index (χ0) is 23.2. The maximum atomic E-state index is 13.2. The van der Waals surface area contributed by atoms with E-state index < -0.39 is 0 Å². The highest BCUT2D eigenvalue weighted by Gasteiger charge is 2.15. The number of ketones is 1. The second-order valence-electron chi connectivity index (χ2n) is 8.66. The fraction of sp³-hybridized carbons (Fsp3) is 0.423. The van der Waals surface area contributed by atoms with Crippen molar-refractivity contribution in [2.45, 2.75) is 37.9 Å². The molecule has 174 valence electrons. The molecule has 0 radical (unpaired) electrons. The Bertz CT molecular complexity index is 1150. The molecule has 1 saturated heterocycles. The predicted octanol–water partition coefficient (Wildman–Crippen LogP) is 4.22. The Morgan fingerprint density at radius 1 is 1.06 bits per heavy atom. The molecular formula is C26H31N3O3S. The Morgan fingerprint density at radius 3 is 2.52 bits per heavy atom. The van der Waals surface area contributed by atoms with Crippen LogP contribution in [0.2, 0.25) is 0 Å². The molecule has 6 nitrogen and oxygen atoms in total. The van der Waals surface area contributed by atoms with Crippen LogP contribution in [0.5, 0.6) is 0 Å². The highest BCUT2D eigenvalue weighted by molar-refractivity contribution is 7.99. The molecule has 3 aromatic rings. The zero-order valence-corrected chi connectivity index (χ0v) is 20.1. The van der Waals surface area contributed by atoms with Gasteiger partial charge >= 0.3 is 0 Å². The van der Waals surface area contributed by atoms with Crippen LogP contribution in [-0.4, -0.2) is 58.8 Å². The first-order chi connectivity index (χ1) is 16.0. The molecular weight excluding hydrogens is 434 g/mol. The van der Waals surface area contributed by atoms with Crippen molar-refractivity contribution in [3.8, 4) is 0 Å². The lowest BCUT2D eigenvalue weighted by atomic mass is 10.0. The van der Waals surface area contributed by atoms with Gasteiger partial charge in [0.05, 0.1) is 29.9 Å². The molecule has 4 rings (SSSR count). The van der Waals surface area contributed by atoms with Gasteiger partial charge in [0, 0.05) is 31.7 Å². The molecule has 2 aromatic carbocycles. The number of aromatic nitrogens is 2. The monoisotopic (exact) mass is 465 g/mol. The van der Waals surface area contributed by atoms with Gasteiger partial charge in [-0.15, -0.1) is 0 Å². The van der Waals surface area contributed by atoms with Gasteiger partial charge in [0.1, 0.15) is 0 Å². The molecule has 0 saturated carbocycles. The predicted molar refractivity (Wildman–Crippen MR) is 133 cm³/mol. The van der Waals surface area contributed by atoms with E-state index in [2.05, 4.69) is 18.7 Å². The topological polar surface area (TPSA) is 64.4 Å². The molecule has 1 fully saturated rings. The van der Waals surface area contributed by atoms with Crippen LogP contribution in [0, 0.1) is 0 Å². The Kier molecular flexibility index (Phi) is 7.96. The van der Waals surface area contributed by atoms with Crippen LogP contribution in [0.3, 0.4) is 0 Å². The summed E-state index contributed by atoms with van der Waals surface area (Å²) in [4.78, 5) is 33.2. The molecule has 33 heavy (non-hydrogen) atoms. The lowest BCUT2D eigenvalue weighted by Crippen LogP contribution is -2.37. The largest absolute Gasteiger partial charge is 0.379 e. The number of fused-ring (bicyclic) bond motifs is 1. The third-order valence-electron chi connectivity index (χ3n) is 6.02. The molecule has 0 N–H and O–H groups in total. The Morgan fingerprint density at radius 2 is 1.79 bits per heavy atom. The average Bonchev–Trinajstić information content (AvgIpc) is 2.85. The van der Waals surface area contributed by atoms with Crippen LogP contribution in [0.1, 0.15) is 42.1 Å². The molecule has 2 heterocycles. The minimum absolute atomic E-state index is 0.0394. The summed E-state index contributed by atoms with van der Waals surface area (Å²) in [5.74, 6) is 0.713. The van der Waals surface area contributed by atoms with E-state index in [0.29, 0.717) is 34.1 Å². The second-order valence-corrected chi connectivity index (χ2v) is 9.61. The summed E-state index contributed by atoms with van der Waals surface area (Å²) < 4.78 is 7.16. The number of hydrogen-bond acceptors (Lipinski definition) is 6. The average molecular weight is 466 g/mol. The van der Waals surface area contributed by atoms with E-state index in [4.69, 9.17) is 9.72 Å². The van der Waals surface area contributed by atoms with Gasteiger partial charge in [-0.2, -0.15) is 0 Å². The van der Waals surface area contributed by atoms with E-state index >= 15 is 0 Å². The van der Waals surface area contributed by atoms with Crippen molar-refractivity contribution in [3.05, 3.63) is 70.0 Å². The molecule has 0 aliphatic carbocycles. The molecule has 0 bridgehead atoms. The number of Topliss-reactive ketones (excluding diaryl/α,β-unsaturated/α-hetero) is 1. The van der Waals surface area contributed by atoms with Crippen LogP contribution in [0.15, 0.2) is 58.5 Å². The summed E-state index contributed by atoms with van der Waals surface area (Å²) in [7, 11) is 0. The van der Waals surface area contributed by atoms with Crippen molar-refractivity contribution in [1.82, 2.24) is 14.5 Å². The van der Waals surface area contributed by atoms with Crippen molar-refractivity contribution in [2.75, 3.05) is 38.6 Å². The van der Waals surface area contributed by atoms with E-state index in [0.717, 1.165) is 39.3 Å². The molecule has 1 aromatic heterocycles. The van der Waals surface area contributed by atoms with Gasteiger partial charge in [-0.3, -0.25) is 19.1 Å². The number of para-hydroxylation sites is 1. The summed E-state index contributed by atoms with van der Waals surface area (Å²) in [6, 6.07) is 15.2. The van der Waals surface area contributed by atoms with Crippen LogP contribution in [0.25, 0.3) is 10.9 Å². The lowest BCUT2D eigenvalue weighted by Gasteiger charge is -2.26. The normalized spacial score (nSPS) is 14.8. The first-order valence-electron chi connectivity index (χ1n) is 11.6. The third kappa shape index (κ3) is 5.91. The number of nitrogens with zero attached hydrogens (tertiary/aromatic N) is 3. The first-order valence-corrected chi connectivity index (χ1v) is 12.6. The van der Waals surface area contributed by atoms with Gasteiger partial charge in [0.25, 0.3) is 5.56 Å².